The zero-order chi connectivity index (χ0) is 15.0. The van der Waals surface area contributed by atoms with Crippen molar-refractivity contribution in [3.05, 3.63) is 23.2 Å². The molecule has 0 bridgehead atoms. The van der Waals surface area contributed by atoms with Crippen LogP contribution in [0.3, 0.4) is 0 Å². The predicted octanol–water partition coefficient (Wildman–Crippen LogP) is 2.16. The third-order valence-corrected chi connectivity index (χ3v) is 4.33. The fraction of sp³-hybridized carbons (Fsp3) is 0.429. The highest BCUT2D eigenvalue weighted by atomic mass is 35.5. The van der Waals surface area contributed by atoms with Crippen LogP contribution in [0.25, 0.3) is 0 Å². The Morgan fingerprint density at radius 2 is 1.90 bits per heavy atom. The normalized spacial score (nSPS) is 21.1. The first-order chi connectivity index (χ1) is 10.0. The number of hydrogen-bond acceptors (Lipinski definition) is 6. The molecule has 1 aromatic rings. The molecular formula is C14H18ClN5O. The van der Waals surface area contributed by atoms with E-state index in [2.05, 4.69) is 9.98 Å². The number of nitrogens with two attached hydrogens (primary N) is 2. The molecule has 1 heterocycles. The number of halogens is 1. The Kier molecular flexibility index (Phi) is 3.41. The van der Waals surface area contributed by atoms with E-state index in [9.17, 15) is 5.11 Å². The lowest BCUT2D eigenvalue weighted by Crippen LogP contribution is -2.58. The average molecular weight is 308 g/mol. The third kappa shape index (κ3) is 2.40. The maximum atomic E-state index is 9.53. The van der Waals surface area contributed by atoms with Gasteiger partial charge in [-0.1, -0.05) is 18.0 Å². The molecule has 0 atom stereocenters. The van der Waals surface area contributed by atoms with E-state index in [0.717, 1.165) is 25.7 Å². The summed E-state index contributed by atoms with van der Waals surface area (Å²) in [5, 5.41) is 9.94. The molecule has 1 aromatic carbocycles. The molecule has 1 saturated carbocycles. The van der Waals surface area contributed by atoms with Crippen LogP contribution in [0.15, 0.2) is 28.2 Å². The smallest absolute Gasteiger partial charge is 0.220 e. The maximum Gasteiger partial charge on any atom is 0.220 e. The Bertz CT molecular complexity index is 622. The summed E-state index contributed by atoms with van der Waals surface area (Å²) in [4.78, 5) is 10.5. The van der Waals surface area contributed by atoms with Crippen molar-refractivity contribution in [3.63, 3.8) is 0 Å². The molecule has 112 valence electrons. The third-order valence-electron chi connectivity index (χ3n) is 4.02. The fourth-order valence-corrected chi connectivity index (χ4v) is 3.41. The first kappa shape index (κ1) is 14.0. The van der Waals surface area contributed by atoms with Gasteiger partial charge in [0.2, 0.25) is 11.9 Å². The number of anilines is 1. The van der Waals surface area contributed by atoms with Gasteiger partial charge in [0, 0.05) is 6.07 Å². The van der Waals surface area contributed by atoms with Crippen LogP contribution in [-0.4, -0.2) is 22.7 Å². The van der Waals surface area contributed by atoms with Gasteiger partial charge in [-0.3, -0.25) is 4.90 Å². The molecule has 1 fully saturated rings. The second kappa shape index (κ2) is 5.11. The summed E-state index contributed by atoms with van der Waals surface area (Å²) in [6.45, 7) is 0. The molecule has 1 aliphatic heterocycles. The number of phenols is 1. The number of hydrogen-bond donors (Lipinski definition) is 3. The molecule has 1 aliphatic carbocycles. The number of guanidine groups is 2. The van der Waals surface area contributed by atoms with E-state index in [-0.39, 0.29) is 17.7 Å². The standard InChI is InChI=1S/C14H18ClN5O/c15-10-8-9(21)4-5-11(10)20-13(17)18-12(16)19-14(20)6-2-1-3-7-14/h4-5,8,21H,1-3,6-7H2,(H4,16,17,18,19). The molecule has 21 heavy (non-hydrogen) atoms. The Balaban J connectivity index is 2.10. The minimum Gasteiger partial charge on any atom is -0.508 e. The van der Waals surface area contributed by atoms with Gasteiger partial charge in [0.15, 0.2) is 0 Å². The summed E-state index contributed by atoms with van der Waals surface area (Å²) < 4.78 is 0. The minimum absolute atomic E-state index is 0.108. The van der Waals surface area contributed by atoms with Crippen molar-refractivity contribution in [2.75, 3.05) is 4.90 Å². The molecule has 7 heteroatoms. The molecule has 0 amide bonds. The van der Waals surface area contributed by atoms with Gasteiger partial charge in [0.05, 0.1) is 10.7 Å². The first-order valence-corrected chi connectivity index (χ1v) is 7.38. The van der Waals surface area contributed by atoms with Gasteiger partial charge in [-0.15, -0.1) is 0 Å². The van der Waals surface area contributed by atoms with E-state index in [1.54, 1.807) is 12.1 Å². The summed E-state index contributed by atoms with van der Waals surface area (Å²) in [7, 11) is 0. The van der Waals surface area contributed by atoms with Gasteiger partial charge in [-0.25, -0.2) is 4.99 Å². The van der Waals surface area contributed by atoms with Gasteiger partial charge in [0.1, 0.15) is 11.4 Å². The summed E-state index contributed by atoms with van der Waals surface area (Å²) in [5.41, 5.74) is 12.1. The van der Waals surface area contributed by atoms with Crippen LogP contribution in [0.2, 0.25) is 5.02 Å². The van der Waals surface area contributed by atoms with Gasteiger partial charge in [0.25, 0.3) is 0 Å². The molecule has 5 N–H and O–H groups in total. The van der Waals surface area contributed by atoms with E-state index in [0.29, 0.717) is 10.7 Å². The Morgan fingerprint density at radius 3 is 2.57 bits per heavy atom. The van der Waals surface area contributed by atoms with E-state index in [1.807, 2.05) is 4.90 Å². The summed E-state index contributed by atoms with van der Waals surface area (Å²) in [5.74, 6) is 0.606. The molecule has 0 unspecified atom stereocenters. The second-order valence-corrected chi connectivity index (χ2v) is 5.86. The lowest BCUT2D eigenvalue weighted by Gasteiger charge is -2.45. The number of nitrogens with zero attached hydrogens (tertiary/aromatic N) is 3. The SMILES string of the molecule is NC1=NC2(CCCCC2)N(c2ccc(O)cc2Cl)C(N)=N1. The van der Waals surface area contributed by atoms with Crippen molar-refractivity contribution in [2.24, 2.45) is 21.5 Å². The number of rotatable bonds is 1. The molecular weight excluding hydrogens is 290 g/mol. The van der Waals surface area contributed by atoms with Crippen LogP contribution in [-0.2, 0) is 0 Å². The molecule has 1 spiro atoms. The molecule has 3 rings (SSSR count). The Labute approximate surface area is 128 Å². The lowest BCUT2D eigenvalue weighted by molar-refractivity contribution is 0.305. The maximum absolute atomic E-state index is 9.53. The minimum atomic E-state index is -0.519. The second-order valence-electron chi connectivity index (χ2n) is 5.45. The molecule has 0 radical (unpaired) electrons. The number of benzene rings is 1. The highest BCUT2D eigenvalue weighted by molar-refractivity contribution is 6.34. The highest BCUT2D eigenvalue weighted by Crippen LogP contribution is 2.42. The number of aliphatic imine (C=N–C) groups is 2. The van der Waals surface area contributed by atoms with E-state index in [4.69, 9.17) is 23.1 Å². The van der Waals surface area contributed by atoms with Gasteiger partial charge < -0.3 is 16.6 Å². The van der Waals surface area contributed by atoms with Crippen LogP contribution in [0.1, 0.15) is 32.1 Å². The van der Waals surface area contributed by atoms with E-state index >= 15 is 0 Å². The molecule has 0 saturated heterocycles. The Hall–Kier alpha value is -1.95. The molecule has 6 nitrogen and oxygen atoms in total. The van der Waals surface area contributed by atoms with Gasteiger partial charge in [-0.05, 0) is 37.8 Å². The first-order valence-electron chi connectivity index (χ1n) is 7.00. The summed E-state index contributed by atoms with van der Waals surface area (Å²) >= 11 is 6.28. The van der Waals surface area contributed by atoms with Crippen LogP contribution in [0, 0.1) is 0 Å². The van der Waals surface area contributed by atoms with Crippen LogP contribution in [0.5, 0.6) is 5.75 Å². The lowest BCUT2D eigenvalue weighted by atomic mass is 9.87. The van der Waals surface area contributed by atoms with Crippen LogP contribution in [0.4, 0.5) is 5.69 Å². The zero-order valence-corrected chi connectivity index (χ0v) is 12.3. The monoisotopic (exact) mass is 307 g/mol. The van der Waals surface area contributed by atoms with Crippen molar-refractivity contribution < 1.29 is 5.11 Å². The number of phenolic OH excluding ortho intramolecular Hbond substituents is 1. The van der Waals surface area contributed by atoms with E-state index in [1.165, 1.54) is 12.5 Å². The highest BCUT2D eigenvalue weighted by Gasteiger charge is 2.43. The average Bonchev–Trinajstić information content (AvgIpc) is 2.41. The largest absolute Gasteiger partial charge is 0.508 e. The molecule has 2 aliphatic rings. The van der Waals surface area contributed by atoms with Crippen molar-refractivity contribution in [3.8, 4) is 5.75 Å². The van der Waals surface area contributed by atoms with Crippen molar-refractivity contribution in [1.29, 1.82) is 0 Å². The van der Waals surface area contributed by atoms with Gasteiger partial charge >= 0.3 is 0 Å². The van der Waals surface area contributed by atoms with Crippen molar-refractivity contribution in [1.82, 2.24) is 0 Å². The van der Waals surface area contributed by atoms with Crippen molar-refractivity contribution in [2.45, 2.75) is 37.8 Å². The van der Waals surface area contributed by atoms with Crippen LogP contribution < -0.4 is 16.4 Å². The topological polar surface area (TPSA) is 100 Å². The Morgan fingerprint density at radius 1 is 1.19 bits per heavy atom. The summed E-state index contributed by atoms with van der Waals surface area (Å²) in [6, 6.07) is 4.79. The zero-order valence-electron chi connectivity index (χ0n) is 11.6. The number of aromatic hydroxyl groups is 1. The quantitative estimate of drug-likeness (QED) is 0.740. The summed E-state index contributed by atoms with van der Waals surface area (Å²) in [6.07, 6.45) is 4.97. The fourth-order valence-electron chi connectivity index (χ4n) is 3.15. The van der Waals surface area contributed by atoms with Crippen molar-refractivity contribution >= 4 is 29.2 Å². The predicted molar refractivity (Wildman–Crippen MR) is 84.7 cm³/mol. The van der Waals surface area contributed by atoms with Crippen LogP contribution >= 0.6 is 11.6 Å². The van der Waals surface area contributed by atoms with E-state index < -0.39 is 5.66 Å². The van der Waals surface area contributed by atoms with Gasteiger partial charge in [-0.2, -0.15) is 4.99 Å². The molecule has 0 aromatic heterocycles.